The van der Waals surface area contributed by atoms with Crippen molar-refractivity contribution in [1.82, 2.24) is 14.6 Å². The van der Waals surface area contributed by atoms with Gasteiger partial charge in [-0.05, 0) is 36.0 Å². The van der Waals surface area contributed by atoms with E-state index in [9.17, 15) is 4.79 Å². The van der Waals surface area contributed by atoms with Gasteiger partial charge in [-0.1, -0.05) is 0 Å². The molecule has 1 atom stereocenters. The van der Waals surface area contributed by atoms with Gasteiger partial charge in [0, 0.05) is 18.2 Å². The van der Waals surface area contributed by atoms with E-state index >= 15 is 0 Å². The number of rotatable bonds is 3. The predicted molar refractivity (Wildman–Crippen MR) is 67.5 cm³/mol. The summed E-state index contributed by atoms with van der Waals surface area (Å²) in [5.74, 6) is 4.08. The third kappa shape index (κ3) is 2.20. The van der Waals surface area contributed by atoms with Crippen LogP contribution in [0.1, 0.15) is 22.6 Å². The minimum absolute atomic E-state index is 0.630. The lowest BCUT2D eigenvalue weighted by atomic mass is 10.1. The van der Waals surface area contributed by atoms with E-state index in [1.165, 1.54) is 17.9 Å². The van der Waals surface area contributed by atoms with Crippen LogP contribution >= 0.6 is 11.8 Å². The Morgan fingerprint density at radius 2 is 2.47 bits per heavy atom. The minimum atomic E-state index is 0.630. The average molecular weight is 247 g/mol. The van der Waals surface area contributed by atoms with Crippen LogP contribution in [0.5, 0.6) is 0 Å². The summed E-state index contributed by atoms with van der Waals surface area (Å²) in [5, 5.41) is 4.42. The monoisotopic (exact) mass is 247 g/mol. The van der Waals surface area contributed by atoms with Crippen molar-refractivity contribution in [3.63, 3.8) is 0 Å². The van der Waals surface area contributed by atoms with E-state index in [0.717, 1.165) is 24.2 Å². The number of hydrogen-bond acceptors (Lipinski definition) is 4. The van der Waals surface area contributed by atoms with E-state index in [1.54, 1.807) is 16.8 Å². The van der Waals surface area contributed by atoms with Crippen LogP contribution in [0.3, 0.4) is 0 Å². The number of aldehydes is 1. The second kappa shape index (κ2) is 4.49. The first kappa shape index (κ1) is 10.8. The Kier molecular flexibility index (Phi) is 2.84. The maximum atomic E-state index is 10.7. The number of fused-ring (bicyclic) bond motifs is 1. The Morgan fingerprint density at radius 1 is 1.53 bits per heavy atom. The van der Waals surface area contributed by atoms with Crippen molar-refractivity contribution in [1.29, 1.82) is 0 Å². The van der Waals surface area contributed by atoms with Crippen LogP contribution in [0.4, 0.5) is 0 Å². The van der Waals surface area contributed by atoms with Crippen molar-refractivity contribution >= 4 is 23.7 Å². The van der Waals surface area contributed by atoms with Gasteiger partial charge in [0.2, 0.25) is 0 Å². The normalized spacial score (nSPS) is 19.9. The van der Waals surface area contributed by atoms with E-state index in [0.29, 0.717) is 11.5 Å². The molecule has 1 unspecified atom stereocenters. The maximum absolute atomic E-state index is 10.7. The molecule has 2 aromatic rings. The Labute approximate surface area is 103 Å². The van der Waals surface area contributed by atoms with Gasteiger partial charge in [-0.15, -0.1) is 0 Å². The van der Waals surface area contributed by atoms with Gasteiger partial charge >= 0.3 is 0 Å². The summed E-state index contributed by atoms with van der Waals surface area (Å²) in [6.45, 7) is 0. The summed E-state index contributed by atoms with van der Waals surface area (Å²) < 4.78 is 1.70. The number of hydrogen-bond donors (Lipinski definition) is 0. The number of carbonyl (C=O) groups is 1. The summed E-state index contributed by atoms with van der Waals surface area (Å²) in [6, 6.07) is 3.61. The molecule has 0 N–H and O–H groups in total. The first-order valence-electron chi connectivity index (χ1n) is 5.73. The highest BCUT2D eigenvalue weighted by atomic mass is 32.2. The molecule has 3 heterocycles. The third-order valence-corrected chi connectivity index (χ3v) is 4.26. The van der Waals surface area contributed by atoms with Gasteiger partial charge in [0.25, 0.3) is 0 Å². The van der Waals surface area contributed by atoms with Gasteiger partial charge < -0.3 is 0 Å². The molecule has 17 heavy (non-hydrogen) atoms. The molecule has 0 radical (unpaired) electrons. The number of aromatic nitrogens is 3. The molecule has 88 valence electrons. The highest BCUT2D eigenvalue weighted by molar-refractivity contribution is 7.99. The topological polar surface area (TPSA) is 47.3 Å². The second-order valence-electron chi connectivity index (χ2n) is 4.34. The van der Waals surface area contributed by atoms with E-state index in [4.69, 9.17) is 0 Å². The van der Waals surface area contributed by atoms with Crippen molar-refractivity contribution in [3.05, 3.63) is 29.7 Å². The molecular formula is C12H13N3OS. The SMILES string of the molecule is O=Cc1ccc2nc(CC3CCSC3)nn2c1. The Morgan fingerprint density at radius 3 is 3.24 bits per heavy atom. The quantitative estimate of drug-likeness (QED) is 0.776. The number of pyridine rings is 1. The molecule has 1 aliphatic rings. The van der Waals surface area contributed by atoms with Crippen molar-refractivity contribution in [3.8, 4) is 0 Å². The molecule has 0 spiro atoms. The fraction of sp³-hybridized carbons (Fsp3) is 0.417. The van der Waals surface area contributed by atoms with Crippen molar-refractivity contribution in [2.24, 2.45) is 5.92 Å². The molecule has 2 aromatic heterocycles. The fourth-order valence-corrected chi connectivity index (χ4v) is 3.39. The van der Waals surface area contributed by atoms with Gasteiger partial charge in [-0.3, -0.25) is 4.79 Å². The summed E-state index contributed by atoms with van der Waals surface area (Å²) in [7, 11) is 0. The van der Waals surface area contributed by atoms with Gasteiger partial charge in [-0.25, -0.2) is 9.50 Å². The van der Waals surface area contributed by atoms with E-state index in [-0.39, 0.29) is 0 Å². The van der Waals surface area contributed by atoms with Crippen LogP contribution in [-0.4, -0.2) is 32.4 Å². The molecule has 1 saturated heterocycles. The summed E-state index contributed by atoms with van der Waals surface area (Å²) in [6.07, 6.45) is 4.77. The lowest BCUT2D eigenvalue weighted by molar-refractivity contribution is 0.112. The zero-order chi connectivity index (χ0) is 11.7. The van der Waals surface area contributed by atoms with Gasteiger partial charge in [-0.2, -0.15) is 16.9 Å². The maximum Gasteiger partial charge on any atom is 0.155 e. The standard InChI is InChI=1S/C12H13N3OS/c16-7-10-1-2-12-13-11(14-15(12)6-10)5-9-3-4-17-8-9/h1-2,6-7,9H,3-5,8H2. The molecule has 1 aliphatic heterocycles. The lowest BCUT2D eigenvalue weighted by Gasteiger charge is -2.02. The molecule has 1 fully saturated rings. The molecular weight excluding hydrogens is 234 g/mol. The number of carbonyl (C=O) groups excluding carboxylic acids is 1. The van der Waals surface area contributed by atoms with Crippen molar-refractivity contribution in [2.45, 2.75) is 12.8 Å². The summed E-state index contributed by atoms with van der Waals surface area (Å²) in [5.41, 5.74) is 1.45. The third-order valence-electron chi connectivity index (χ3n) is 3.03. The van der Waals surface area contributed by atoms with Crippen LogP contribution < -0.4 is 0 Å². The van der Waals surface area contributed by atoms with Crippen LogP contribution in [-0.2, 0) is 6.42 Å². The summed E-state index contributed by atoms with van der Waals surface area (Å²) >= 11 is 2.01. The smallest absolute Gasteiger partial charge is 0.155 e. The Hall–Kier alpha value is -1.36. The van der Waals surface area contributed by atoms with Crippen LogP contribution in [0, 0.1) is 5.92 Å². The highest BCUT2D eigenvalue weighted by Crippen LogP contribution is 2.25. The number of nitrogens with zero attached hydrogens (tertiary/aromatic N) is 3. The molecule has 5 heteroatoms. The second-order valence-corrected chi connectivity index (χ2v) is 5.49. The summed E-state index contributed by atoms with van der Waals surface area (Å²) in [4.78, 5) is 15.1. The molecule has 0 aromatic carbocycles. The molecule has 3 rings (SSSR count). The number of thioether (sulfide) groups is 1. The van der Waals surface area contributed by atoms with Crippen LogP contribution in [0.15, 0.2) is 18.3 Å². The van der Waals surface area contributed by atoms with E-state index in [1.807, 2.05) is 17.8 Å². The Balaban J connectivity index is 1.87. The Bertz CT molecular complexity index is 546. The van der Waals surface area contributed by atoms with E-state index in [2.05, 4.69) is 10.1 Å². The van der Waals surface area contributed by atoms with Crippen LogP contribution in [0.2, 0.25) is 0 Å². The molecule has 0 amide bonds. The fourth-order valence-electron chi connectivity index (χ4n) is 2.10. The molecule has 0 bridgehead atoms. The first-order valence-corrected chi connectivity index (χ1v) is 6.89. The molecule has 4 nitrogen and oxygen atoms in total. The largest absolute Gasteiger partial charge is 0.298 e. The first-order chi connectivity index (χ1) is 8.35. The molecule has 0 saturated carbocycles. The van der Waals surface area contributed by atoms with Gasteiger partial charge in [0.1, 0.15) is 0 Å². The van der Waals surface area contributed by atoms with Crippen molar-refractivity contribution < 1.29 is 4.79 Å². The van der Waals surface area contributed by atoms with Crippen LogP contribution in [0.25, 0.3) is 5.65 Å². The zero-order valence-electron chi connectivity index (χ0n) is 9.37. The minimum Gasteiger partial charge on any atom is -0.298 e. The van der Waals surface area contributed by atoms with Gasteiger partial charge in [0.15, 0.2) is 17.8 Å². The zero-order valence-corrected chi connectivity index (χ0v) is 10.2. The van der Waals surface area contributed by atoms with Crippen molar-refractivity contribution in [2.75, 3.05) is 11.5 Å². The lowest BCUT2D eigenvalue weighted by Crippen LogP contribution is -2.04. The predicted octanol–water partition coefficient (Wildman–Crippen LogP) is 1.84. The average Bonchev–Trinajstić information content (AvgIpc) is 2.96. The highest BCUT2D eigenvalue weighted by Gasteiger charge is 2.18. The van der Waals surface area contributed by atoms with Gasteiger partial charge in [0.05, 0.1) is 0 Å². The van der Waals surface area contributed by atoms with E-state index < -0.39 is 0 Å². The molecule has 0 aliphatic carbocycles.